The summed E-state index contributed by atoms with van der Waals surface area (Å²) in [6.07, 6.45) is 0.744. The van der Waals surface area contributed by atoms with Gasteiger partial charge in [-0.1, -0.05) is 6.07 Å². The van der Waals surface area contributed by atoms with Crippen LogP contribution >= 0.6 is 0 Å². The fourth-order valence-electron chi connectivity index (χ4n) is 3.83. The van der Waals surface area contributed by atoms with Gasteiger partial charge in [-0.05, 0) is 49.1 Å². The largest absolute Gasteiger partial charge is 0.494 e. The first-order valence-corrected chi connectivity index (χ1v) is 11.0. The van der Waals surface area contributed by atoms with Crippen molar-refractivity contribution in [2.24, 2.45) is 22.6 Å². The molecule has 6 N–H and O–H groups in total. The van der Waals surface area contributed by atoms with Crippen molar-refractivity contribution in [2.75, 3.05) is 33.4 Å². The van der Waals surface area contributed by atoms with Crippen molar-refractivity contribution in [1.29, 1.82) is 0 Å². The molecule has 1 aromatic heterocycles. The summed E-state index contributed by atoms with van der Waals surface area (Å²) < 4.78 is 18.5. The number of hydrogen-bond acceptors (Lipinski definition) is 8. The van der Waals surface area contributed by atoms with Crippen LogP contribution in [0.5, 0.6) is 5.75 Å². The number of carbonyl (C=O) groups excluding carboxylic acids is 2. The van der Waals surface area contributed by atoms with Crippen molar-refractivity contribution in [3.05, 3.63) is 58.7 Å². The summed E-state index contributed by atoms with van der Waals surface area (Å²) in [7, 11) is 1.37. The number of nitrogens with zero attached hydrogens (tertiary/aromatic N) is 4. The predicted molar refractivity (Wildman–Crippen MR) is 126 cm³/mol. The Morgan fingerprint density at radius 2 is 2.14 bits per heavy atom. The van der Waals surface area contributed by atoms with Crippen LogP contribution in [-0.2, 0) is 11.3 Å². The number of benzene rings is 1. The third kappa shape index (κ3) is 6.87. The number of nitrogens with two attached hydrogens (primary N) is 2. The first kappa shape index (κ1) is 25.8. The molecule has 11 nitrogen and oxygen atoms in total. The van der Waals surface area contributed by atoms with Crippen molar-refractivity contribution < 1.29 is 23.8 Å². The van der Waals surface area contributed by atoms with E-state index >= 15 is 0 Å². The Hall–Kier alpha value is -3.77. The predicted octanol–water partition coefficient (Wildman–Crippen LogP) is 0.105. The van der Waals surface area contributed by atoms with E-state index in [-0.39, 0.29) is 35.6 Å². The van der Waals surface area contributed by atoms with Gasteiger partial charge < -0.3 is 25.8 Å². The fraction of sp³-hybridized carbons (Fsp3) is 0.391. The Morgan fingerprint density at radius 1 is 1.37 bits per heavy atom. The first-order chi connectivity index (χ1) is 16.7. The van der Waals surface area contributed by atoms with Crippen molar-refractivity contribution >= 4 is 17.6 Å². The molecular formula is C23H30FN7O4. The molecule has 1 saturated heterocycles. The molecule has 1 aliphatic heterocycles. The lowest BCUT2D eigenvalue weighted by Crippen LogP contribution is -2.36. The van der Waals surface area contributed by atoms with Gasteiger partial charge in [-0.25, -0.2) is 20.3 Å². The zero-order valence-corrected chi connectivity index (χ0v) is 19.7. The van der Waals surface area contributed by atoms with Crippen LogP contribution < -0.4 is 21.6 Å². The van der Waals surface area contributed by atoms with Crippen LogP contribution in [0, 0.1) is 18.7 Å². The zero-order valence-electron chi connectivity index (χ0n) is 19.7. The number of methoxy groups -OCH3 is 1. The third-order valence-corrected chi connectivity index (χ3v) is 5.61. The molecule has 0 bridgehead atoms. The van der Waals surface area contributed by atoms with Gasteiger partial charge in [0.05, 0.1) is 13.7 Å². The number of ether oxygens (including phenoxy) is 1. The van der Waals surface area contributed by atoms with Gasteiger partial charge in [0.1, 0.15) is 12.3 Å². The van der Waals surface area contributed by atoms with E-state index in [0.29, 0.717) is 36.5 Å². The Bertz CT molecular complexity index is 1110. The minimum Gasteiger partial charge on any atom is -0.494 e. The number of hydrazine groups is 1. The van der Waals surface area contributed by atoms with Crippen LogP contribution in [0.3, 0.4) is 0 Å². The summed E-state index contributed by atoms with van der Waals surface area (Å²) >= 11 is 0. The molecule has 35 heavy (non-hydrogen) atoms. The summed E-state index contributed by atoms with van der Waals surface area (Å²) in [5.41, 5.74) is 7.98. The van der Waals surface area contributed by atoms with Gasteiger partial charge in [-0.3, -0.25) is 9.59 Å². The number of nitrogens with one attached hydrogen (secondary N) is 1. The second-order valence-electron chi connectivity index (χ2n) is 8.29. The molecule has 2 heterocycles. The highest BCUT2D eigenvalue weighted by Crippen LogP contribution is 2.19. The molecular weight excluding hydrogens is 457 g/mol. The zero-order chi connectivity index (χ0) is 25.5. The van der Waals surface area contributed by atoms with Crippen LogP contribution in [0.15, 0.2) is 35.4 Å². The first-order valence-electron chi connectivity index (χ1n) is 11.0. The number of hydrogen-bond donors (Lipinski definition) is 4. The van der Waals surface area contributed by atoms with E-state index in [1.807, 2.05) is 0 Å². The van der Waals surface area contributed by atoms with Gasteiger partial charge in [0.15, 0.2) is 17.4 Å². The van der Waals surface area contributed by atoms with E-state index in [2.05, 4.69) is 15.4 Å². The van der Waals surface area contributed by atoms with Crippen molar-refractivity contribution in [3.8, 4) is 5.75 Å². The number of pyridine rings is 1. The van der Waals surface area contributed by atoms with Crippen LogP contribution in [-0.4, -0.2) is 71.1 Å². The fourth-order valence-corrected chi connectivity index (χ4v) is 3.83. The van der Waals surface area contributed by atoms with Crippen LogP contribution in [0.25, 0.3) is 0 Å². The number of aliphatic hydroxyl groups excluding tert-OH is 1. The Kier molecular flexibility index (Phi) is 8.55. The van der Waals surface area contributed by atoms with Gasteiger partial charge in [0.25, 0.3) is 5.91 Å². The Morgan fingerprint density at radius 3 is 2.86 bits per heavy atom. The quantitative estimate of drug-likeness (QED) is 0.168. The molecule has 1 unspecified atom stereocenters. The van der Waals surface area contributed by atoms with Crippen LogP contribution in [0.2, 0.25) is 0 Å². The van der Waals surface area contributed by atoms with E-state index < -0.39 is 18.3 Å². The lowest BCUT2D eigenvalue weighted by molar-refractivity contribution is -0.133. The number of aliphatic hydroxyl groups is 1. The summed E-state index contributed by atoms with van der Waals surface area (Å²) in [5, 5.41) is 17.2. The molecule has 0 saturated carbocycles. The Labute approximate surface area is 202 Å². The maximum absolute atomic E-state index is 13.6. The number of halogens is 1. The molecule has 1 aliphatic rings. The number of aryl methyl sites for hydroxylation is 1. The van der Waals surface area contributed by atoms with E-state index in [4.69, 9.17) is 21.4 Å². The molecule has 188 valence electrons. The summed E-state index contributed by atoms with van der Waals surface area (Å²) in [4.78, 5) is 30.2. The Balaban J connectivity index is 1.63. The molecule has 2 amide bonds. The van der Waals surface area contributed by atoms with E-state index in [1.165, 1.54) is 30.4 Å². The number of amidine groups is 1. The third-order valence-electron chi connectivity index (χ3n) is 5.61. The van der Waals surface area contributed by atoms with Gasteiger partial charge in [-0.15, -0.1) is 5.10 Å². The molecule has 0 aliphatic carbocycles. The van der Waals surface area contributed by atoms with Gasteiger partial charge >= 0.3 is 0 Å². The monoisotopic (exact) mass is 487 g/mol. The number of rotatable bonds is 9. The van der Waals surface area contributed by atoms with Gasteiger partial charge in [-0.2, -0.15) is 0 Å². The van der Waals surface area contributed by atoms with E-state index in [0.717, 1.165) is 6.42 Å². The molecule has 0 spiro atoms. The number of hydrazone groups is 1. The lowest BCUT2D eigenvalue weighted by atomic mass is 10.1. The molecule has 2 aromatic rings. The maximum Gasteiger partial charge on any atom is 0.270 e. The average Bonchev–Trinajstić information content (AvgIpc) is 3.30. The van der Waals surface area contributed by atoms with Crippen LogP contribution in [0.1, 0.15) is 33.7 Å². The highest BCUT2D eigenvalue weighted by atomic mass is 19.1. The van der Waals surface area contributed by atoms with Crippen molar-refractivity contribution in [1.82, 2.24) is 20.3 Å². The molecule has 3 rings (SSSR count). The number of aromatic nitrogens is 1. The highest BCUT2D eigenvalue weighted by Gasteiger charge is 2.26. The summed E-state index contributed by atoms with van der Waals surface area (Å²) in [5.74, 6) is 5.07. The number of carbonyl (C=O) groups is 2. The van der Waals surface area contributed by atoms with Crippen molar-refractivity contribution in [2.45, 2.75) is 19.9 Å². The topological polar surface area (TPSA) is 159 Å². The number of likely N-dealkylation sites (tertiary alicyclic amines) is 1. The van der Waals surface area contributed by atoms with Gasteiger partial charge in [0, 0.05) is 30.9 Å². The molecule has 0 radical (unpaired) electrons. The van der Waals surface area contributed by atoms with Crippen molar-refractivity contribution in [3.63, 3.8) is 0 Å². The summed E-state index contributed by atoms with van der Waals surface area (Å²) in [6, 6.07) is 7.53. The molecule has 1 fully saturated rings. The SMILES string of the molecule is COc1cc(CNC(=O)c2cc(/C(N)=N/N(N)CC3CCN(C(=O)CO)C3)cc(C)n2)ccc1F. The van der Waals surface area contributed by atoms with E-state index in [1.54, 1.807) is 24.0 Å². The molecule has 1 atom stereocenters. The lowest BCUT2D eigenvalue weighted by Gasteiger charge is -2.19. The van der Waals surface area contributed by atoms with Gasteiger partial charge in [0.2, 0.25) is 5.91 Å². The average molecular weight is 488 g/mol. The highest BCUT2D eigenvalue weighted by molar-refractivity contribution is 6.00. The molecule has 1 aromatic carbocycles. The van der Waals surface area contributed by atoms with Crippen LogP contribution in [0.4, 0.5) is 4.39 Å². The second-order valence-corrected chi connectivity index (χ2v) is 8.29. The molecule has 12 heteroatoms. The minimum absolute atomic E-state index is 0.0911. The second kappa shape index (κ2) is 11.6. The summed E-state index contributed by atoms with van der Waals surface area (Å²) in [6.45, 7) is 2.78. The number of amides is 2. The smallest absolute Gasteiger partial charge is 0.270 e. The maximum atomic E-state index is 13.6. The normalized spacial score (nSPS) is 15.7. The minimum atomic E-state index is -0.514. The van der Waals surface area contributed by atoms with E-state index in [9.17, 15) is 14.0 Å². The standard InChI is InChI=1S/C23H30FN7O4/c1-14-7-17(22(25)29-31(26)12-16-5-6-30(11-16)21(33)13-32)9-19(28-14)23(34)27-10-15-3-4-18(24)20(8-15)35-2/h3-4,7-9,16,32H,5-6,10-13,26H2,1-2H3,(H2,25,29)(H,27,34).